The zero-order chi connectivity index (χ0) is 14.0. The highest BCUT2D eigenvalue weighted by molar-refractivity contribution is 14.1. The second-order valence-corrected chi connectivity index (χ2v) is 6.53. The Morgan fingerprint density at radius 2 is 2.00 bits per heavy atom. The molecule has 0 unspecified atom stereocenters. The lowest BCUT2D eigenvalue weighted by Crippen LogP contribution is -2.12. The van der Waals surface area contributed by atoms with Crippen LogP contribution in [-0.2, 0) is 0 Å². The summed E-state index contributed by atoms with van der Waals surface area (Å²) < 4.78 is 1.93. The number of carbonyl (C=O) groups is 1. The van der Waals surface area contributed by atoms with Gasteiger partial charge >= 0.3 is 0 Å². The van der Waals surface area contributed by atoms with Gasteiger partial charge < -0.3 is 5.32 Å². The Hall–Kier alpha value is -0.590. The third-order valence-electron chi connectivity index (χ3n) is 2.60. The number of hydrogen-bond donors (Lipinski definition) is 1. The molecule has 0 fully saturated rings. The van der Waals surface area contributed by atoms with Gasteiger partial charge in [-0.3, -0.25) is 4.79 Å². The van der Waals surface area contributed by atoms with Crippen LogP contribution in [0, 0.1) is 10.5 Å². The molecule has 2 nitrogen and oxygen atoms in total. The lowest BCUT2D eigenvalue weighted by molar-refractivity contribution is 0.102. The molecular weight excluding hydrogens is 440 g/mol. The quantitative estimate of drug-likeness (QED) is 0.621. The molecule has 98 valence electrons. The molecule has 0 atom stereocenters. The molecule has 2 aromatic rings. The van der Waals surface area contributed by atoms with E-state index in [1.807, 2.05) is 25.1 Å². The molecule has 5 heteroatoms. The van der Waals surface area contributed by atoms with E-state index in [0.29, 0.717) is 10.6 Å². The highest BCUT2D eigenvalue weighted by atomic mass is 127. The Balaban J connectivity index is 2.25. The summed E-state index contributed by atoms with van der Waals surface area (Å²) in [7, 11) is 0. The SMILES string of the molecule is Cc1ccc(NC(=O)c2cc(Br)ccc2Cl)cc1I. The largest absolute Gasteiger partial charge is 0.322 e. The van der Waals surface area contributed by atoms with E-state index in [9.17, 15) is 4.79 Å². The van der Waals surface area contributed by atoms with Crippen LogP contribution in [0.1, 0.15) is 15.9 Å². The Morgan fingerprint density at radius 3 is 2.68 bits per heavy atom. The first-order chi connectivity index (χ1) is 8.97. The van der Waals surface area contributed by atoms with Gasteiger partial charge in [-0.15, -0.1) is 0 Å². The van der Waals surface area contributed by atoms with Crippen molar-refractivity contribution in [2.45, 2.75) is 6.92 Å². The van der Waals surface area contributed by atoms with Crippen LogP contribution in [0.3, 0.4) is 0 Å². The van der Waals surface area contributed by atoms with E-state index in [0.717, 1.165) is 13.7 Å². The Morgan fingerprint density at radius 1 is 1.26 bits per heavy atom. The molecule has 1 N–H and O–H groups in total. The standard InChI is InChI=1S/C14H10BrClINO/c1-8-2-4-10(7-13(8)17)18-14(19)11-6-9(15)3-5-12(11)16/h2-7H,1H3,(H,18,19). The summed E-state index contributed by atoms with van der Waals surface area (Å²) in [5.41, 5.74) is 2.39. The highest BCUT2D eigenvalue weighted by Gasteiger charge is 2.11. The van der Waals surface area contributed by atoms with E-state index >= 15 is 0 Å². The van der Waals surface area contributed by atoms with Crippen molar-refractivity contribution < 1.29 is 4.79 Å². The molecule has 0 spiro atoms. The van der Waals surface area contributed by atoms with Crippen molar-refractivity contribution in [3.8, 4) is 0 Å². The minimum atomic E-state index is -0.217. The van der Waals surface area contributed by atoms with Gasteiger partial charge in [0.15, 0.2) is 0 Å². The van der Waals surface area contributed by atoms with Crippen LogP contribution in [0.4, 0.5) is 5.69 Å². The van der Waals surface area contributed by atoms with E-state index in [1.165, 1.54) is 5.56 Å². The normalized spacial score (nSPS) is 10.3. The molecule has 2 rings (SSSR count). The van der Waals surface area contributed by atoms with Crippen molar-refractivity contribution in [3.05, 3.63) is 60.6 Å². The Kier molecular flexibility index (Phi) is 4.86. The lowest BCUT2D eigenvalue weighted by Gasteiger charge is -2.08. The first kappa shape index (κ1) is 14.8. The second-order valence-electron chi connectivity index (χ2n) is 4.04. The van der Waals surface area contributed by atoms with Crippen LogP contribution in [0.15, 0.2) is 40.9 Å². The molecule has 2 aromatic carbocycles. The first-order valence-corrected chi connectivity index (χ1v) is 7.75. The number of halogens is 3. The van der Waals surface area contributed by atoms with Crippen molar-refractivity contribution in [1.82, 2.24) is 0 Å². The molecule has 0 aliphatic heterocycles. The number of carbonyl (C=O) groups excluding carboxylic acids is 1. The number of amides is 1. The molecule has 0 aliphatic rings. The molecule has 0 heterocycles. The molecule has 0 aromatic heterocycles. The maximum atomic E-state index is 12.2. The molecule has 0 aliphatic carbocycles. The summed E-state index contributed by atoms with van der Waals surface area (Å²) in [5.74, 6) is -0.217. The maximum Gasteiger partial charge on any atom is 0.257 e. The van der Waals surface area contributed by atoms with Gasteiger partial charge in [-0.1, -0.05) is 33.6 Å². The van der Waals surface area contributed by atoms with E-state index < -0.39 is 0 Å². The van der Waals surface area contributed by atoms with Crippen LogP contribution in [0.25, 0.3) is 0 Å². The van der Waals surface area contributed by atoms with Crippen LogP contribution in [0.2, 0.25) is 5.02 Å². The van der Waals surface area contributed by atoms with Crippen molar-refractivity contribution >= 4 is 61.7 Å². The average molecular weight is 451 g/mol. The minimum Gasteiger partial charge on any atom is -0.322 e. The van der Waals surface area contributed by atoms with Crippen molar-refractivity contribution in [1.29, 1.82) is 0 Å². The predicted molar refractivity (Wildman–Crippen MR) is 91.0 cm³/mol. The van der Waals surface area contributed by atoms with Gasteiger partial charge in [-0.2, -0.15) is 0 Å². The number of nitrogens with one attached hydrogen (secondary N) is 1. The summed E-state index contributed by atoms with van der Waals surface area (Å²) in [5, 5.41) is 3.28. The van der Waals surface area contributed by atoms with Gasteiger partial charge in [0.1, 0.15) is 0 Å². The van der Waals surface area contributed by atoms with Gasteiger partial charge in [0.25, 0.3) is 5.91 Å². The number of hydrogen-bond acceptors (Lipinski definition) is 1. The number of benzene rings is 2. The summed E-state index contributed by atoms with van der Waals surface area (Å²) in [6, 6.07) is 11.0. The monoisotopic (exact) mass is 449 g/mol. The Bertz CT molecular complexity index is 645. The van der Waals surface area contributed by atoms with E-state index in [4.69, 9.17) is 11.6 Å². The highest BCUT2D eigenvalue weighted by Crippen LogP contribution is 2.23. The van der Waals surface area contributed by atoms with Crippen molar-refractivity contribution in [2.24, 2.45) is 0 Å². The molecular formula is C14H10BrClINO. The minimum absolute atomic E-state index is 0.217. The summed E-state index contributed by atoms with van der Waals surface area (Å²) in [4.78, 5) is 12.2. The number of rotatable bonds is 2. The van der Waals surface area contributed by atoms with Gasteiger partial charge in [-0.05, 0) is 65.4 Å². The van der Waals surface area contributed by atoms with Crippen LogP contribution in [0.5, 0.6) is 0 Å². The van der Waals surface area contributed by atoms with Gasteiger partial charge in [-0.25, -0.2) is 0 Å². The van der Waals surface area contributed by atoms with Gasteiger partial charge in [0, 0.05) is 13.7 Å². The lowest BCUT2D eigenvalue weighted by atomic mass is 10.2. The predicted octanol–water partition coefficient (Wildman–Crippen LogP) is 5.27. The van der Waals surface area contributed by atoms with Gasteiger partial charge in [0.2, 0.25) is 0 Å². The fourth-order valence-electron chi connectivity index (χ4n) is 1.54. The molecule has 1 amide bonds. The van der Waals surface area contributed by atoms with Crippen LogP contribution < -0.4 is 5.32 Å². The van der Waals surface area contributed by atoms with Crippen molar-refractivity contribution in [3.63, 3.8) is 0 Å². The van der Waals surface area contributed by atoms with E-state index in [1.54, 1.807) is 18.2 Å². The average Bonchev–Trinajstić information content (AvgIpc) is 2.36. The molecule has 0 saturated carbocycles. The Labute approximate surface area is 138 Å². The number of anilines is 1. The summed E-state index contributed by atoms with van der Waals surface area (Å²) in [6.45, 7) is 2.03. The zero-order valence-corrected chi connectivity index (χ0v) is 14.5. The maximum absolute atomic E-state index is 12.2. The fraction of sp³-hybridized carbons (Fsp3) is 0.0714. The molecule has 0 saturated heterocycles. The van der Waals surface area contributed by atoms with Crippen LogP contribution in [-0.4, -0.2) is 5.91 Å². The van der Waals surface area contributed by atoms with Crippen molar-refractivity contribution in [2.75, 3.05) is 5.32 Å². The van der Waals surface area contributed by atoms with Gasteiger partial charge in [0.05, 0.1) is 10.6 Å². The molecule has 0 bridgehead atoms. The zero-order valence-electron chi connectivity index (χ0n) is 10.0. The fourth-order valence-corrected chi connectivity index (χ4v) is 2.62. The third-order valence-corrected chi connectivity index (χ3v) is 4.59. The molecule has 19 heavy (non-hydrogen) atoms. The number of aryl methyl sites for hydroxylation is 1. The third kappa shape index (κ3) is 3.70. The van der Waals surface area contributed by atoms with E-state index in [2.05, 4.69) is 43.8 Å². The van der Waals surface area contributed by atoms with Crippen LogP contribution >= 0.6 is 50.1 Å². The van der Waals surface area contributed by atoms with E-state index in [-0.39, 0.29) is 5.91 Å². The second kappa shape index (κ2) is 6.24. The smallest absolute Gasteiger partial charge is 0.257 e. The summed E-state index contributed by atoms with van der Waals surface area (Å²) >= 11 is 11.6. The topological polar surface area (TPSA) is 29.1 Å². The summed E-state index contributed by atoms with van der Waals surface area (Å²) in [6.07, 6.45) is 0. The first-order valence-electron chi connectivity index (χ1n) is 5.50. The molecule has 0 radical (unpaired) electrons.